The van der Waals surface area contributed by atoms with Crippen LogP contribution in [0, 0.1) is 0 Å². The molecule has 0 aromatic heterocycles. The summed E-state index contributed by atoms with van der Waals surface area (Å²) in [7, 11) is -2.41. The topological polar surface area (TPSA) is 29.1 Å². The molecule has 0 aromatic carbocycles. The standard InChI is InChI=1S/C11H23O2Si/c1-6-11(13-9-10(4)5)14(12,7-2)8-3/h11H,4,6-9H2,1-3,5H3. The van der Waals surface area contributed by atoms with Gasteiger partial charge < -0.3 is 4.74 Å². The van der Waals surface area contributed by atoms with Crippen molar-refractivity contribution in [1.29, 1.82) is 0 Å². The first-order chi connectivity index (χ1) is 6.50. The highest BCUT2D eigenvalue weighted by atomic mass is 28.4. The molecule has 0 amide bonds. The van der Waals surface area contributed by atoms with Crippen LogP contribution in [0.1, 0.15) is 34.1 Å². The zero-order chi connectivity index (χ0) is 11.2. The van der Waals surface area contributed by atoms with Crippen LogP contribution in [-0.2, 0) is 9.53 Å². The Bertz CT molecular complexity index is 176. The molecule has 0 spiro atoms. The van der Waals surface area contributed by atoms with E-state index < -0.39 is 8.32 Å². The molecule has 0 bridgehead atoms. The highest BCUT2D eigenvalue weighted by Crippen LogP contribution is 2.22. The fourth-order valence-corrected chi connectivity index (χ4v) is 4.13. The van der Waals surface area contributed by atoms with Gasteiger partial charge in [-0.25, -0.2) is 0 Å². The van der Waals surface area contributed by atoms with E-state index in [1.165, 1.54) is 0 Å². The van der Waals surface area contributed by atoms with Crippen LogP contribution in [0.4, 0.5) is 0 Å². The lowest BCUT2D eigenvalue weighted by atomic mass is 10.4. The molecule has 0 heterocycles. The molecule has 0 saturated heterocycles. The molecule has 0 aliphatic carbocycles. The van der Waals surface area contributed by atoms with Gasteiger partial charge >= 0.3 is 0 Å². The minimum atomic E-state index is -2.41. The van der Waals surface area contributed by atoms with E-state index in [-0.39, 0.29) is 5.73 Å². The van der Waals surface area contributed by atoms with E-state index in [0.29, 0.717) is 6.61 Å². The van der Waals surface area contributed by atoms with Crippen LogP contribution < -0.4 is 0 Å². The summed E-state index contributed by atoms with van der Waals surface area (Å²) < 4.78 is 5.65. The summed E-state index contributed by atoms with van der Waals surface area (Å²) in [6.45, 7) is 12.3. The predicted molar refractivity (Wildman–Crippen MR) is 62.2 cm³/mol. The Morgan fingerprint density at radius 3 is 2.14 bits per heavy atom. The molecule has 14 heavy (non-hydrogen) atoms. The second-order valence-corrected chi connectivity index (χ2v) is 8.12. The zero-order valence-electron chi connectivity index (χ0n) is 9.93. The molecule has 0 saturated carbocycles. The smallest absolute Gasteiger partial charge is 0.265 e. The molecule has 0 fully saturated rings. The Labute approximate surface area is 89.1 Å². The highest BCUT2D eigenvalue weighted by Gasteiger charge is 2.39. The van der Waals surface area contributed by atoms with Gasteiger partial charge in [0.05, 0.1) is 12.3 Å². The third-order valence-electron chi connectivity index (χ3n) is 2.69. The van der Waals surface area contributed by atoms with Crippen molar-refractivity contribution in [3.05, 3.63) is 12.2 Å². The predicted octanol–water partition coefficient (Wildman–Crippen LogP) is 3.31. The molecule has 3 heteroatoms. The van der Waals surface area contributed by atoms with Crippen molar-refractivity contribution in [3.63, 3.8) is 0 Å². The lowest BCUT2D eigenvalue weighted by Gasteiger charge is -2.29. The summed E-state index contributed by atoms with van der Waals surface area (Å²) >= 11 is 0. The molecule has 2 nitrogen and oxygen atoms in total. The van der Waals surface area contributed by atoms with Crippen LogP contribution in [0.25, 0.3) is 0 Å². The summed E-state index contributed by atoms with van der Waals surface area (Å²) in [5.74, 6) is 0. The largest absolute Gasteiger partial charge is 0.374 e. The van der Waals surface area contributed by atoms with Gasteiger partial charge in [-0.15, -0.1) is 0 Å². The van der Waals surface area contributed by atoms with E-state index in [0.717, 1.165) is 24.1 Å². The molecule has 0 N–H and O–H groups in total. The number of ether oxygens (including phenoxy) is 1. The summed E-state index contributed by atoms with van der Waals surface area (Å²) in [6.07, 6.45) is 0.838. The fraction of sp³-hybridized carbons (Fsp3) is 0.818. The number of hydrogen-bond donors (Lipinski definition) is 0. The van der Waals surface area contributed by atoms with E-state index in [1.54, 1.807) is 0 Å². The number of rotatable bonds is 7. The summed E-state index contributed by atoms with van der Waals surface area (Å²) in [6, 6.07) is 1.52. The maximum absolute atomic E-state index is 12.4. The van der Waals surface area contributed by atoms with Gasteiger partial charge in [0.15, 0.2) is 0 Å². The van der Waals surface area contributed by atoms with Crippen LogP contribution in [-0.4, -0.2) is 20.7 Å². The van der Waals surface area contributed by atoms with E-state index in [2.05, 4.69) is 6.58 Å². The van der Waals surface area contributed by atoms with Gasteiger partial charge in [0.25, 0.3) is 8.32 Å². The van der Waals surface area contributed by atoms with E-state index in [1.807, 2.05) is 27.7 Å². The van der Waals surface area contributed by atoms with Gasteiger partial charge in [-0.1, -0.05) is 32.9 Å². The van der Waals surface area contributed by atoms with E-state index in [4.69, 9.17) is 4.74 Å². The average molecular weight is 215 g/mol. The third-order valence-corrected chi connectivity index (χ3v) is 6.83. The Balaban J connectivity index is 4.29. The minimum Gasteiger partial charge on any atom is -0.374 e. The van der Waals surface area contributed by atoms with Gasteiger partial charge in [0.2, 0.25) is 0 Å². The Hall–Kier alpha value is -0.123. The van der Waals surface area contributed by atoms with Crippen LogP contribution in [0.15, 0.2) is 12.2 Å². The maximum atomic E-state index is 12.4. The van der Waals surface area contributed by atoms with Crippen LogP contribution in [0.5, 0.6) is 0 Å². The van der Waals surface area contributed by atoms with Crippen molar-refractivity contribution in [3.8, 4) is 0 Å². The van der Waals surface area contributed by atoms with Crippen molar-refractivity contribution >= 4 is 8.32 Å². The Morgan fingerprint density at radius 1 is 1.36 bits per heavy atom. The third kappa shape index (κ3) is 3.94. The molecule has 0 aliphatic heterocycles. The highest BCUT2D eigenvalue weighted by molar-refractivity contribution is 6.73. The van der Waals surface area contributed by atoms with Gasteiger partial charge in [0, 0.05) is 0 Å². The SMILES string of the molecule is C=C(C)COC(CC)[Si]([O])(CC)CC. The Kier molecular flexibility index (Phi) is 6.32. The number of hydrogen-bond acceptors (Lipinski definition) is 1. The Morgan fingerprint density at radius 2 is 1.86 bits per heavy atom. The average Bonchev–Trinajstić information content (AvgIpc) is 2.17. The molecule has 83 valence electrons. The molecule has 1 atom stereocenters. The minimum absolute atomic E-state index is 0.0470. The first-order valence-corrected chi connectivity index (χ1v) is 7.86. The first-order valence-electron chi connectivity index (χ1n) is 5.46. The van der Waals surface area contributed by atoms with Gasteiger partial charge in [0.1, 0.15) is 0 Å². The van der Waals surface area contributed by atoms with Gasteiger partial charge in [-0.3, -0.25) is 4.80 Å². The summed E-state index contributed by atoms with van der Waals surface area (Å²) in [5.41, 5.74) is 0.946. The maximum Gasteiger partial charge on any atom is 0.265 e. The normalized spacial score (nSPS) is 14.1. The molecule has 1 unspecified atom stereocenters. The van der Waals surface area contributed by atoms with Crippen molar-refractivity contribution in [2.45, 2.75) is 51.9 Å². The van der Waals surface area contributed by atoms with Crippen LogP contribution in [0.2, 0.25) is 12.1 Å². The summed E-state index contributed by atoms with van der Waals surface area (Å²) in [5, 5.41) is 0. The lowest BCUT2D eigenvalue weighted by molar-refractivity contribution is 0.0974. The molecular formula is C11H23O2Si. The lowest BCUT2D eigenvalue weighted by Crippen LogP contribution is -2.46. The van der Waals surface area contributed by atoms with E-state index in [9.17, 15) is 4.80 Å². The second-order valence-electron chi connectivity index (χ2n) is 3.94. The summed E-state index contributed by atoms with van der Waals surface area (Å²) in [4.78, 5) is 12.4. The van der Waals surface area contributed by atoms with Gasteiger partial charge in [-0.2, -0.15) is 0 Å². The van der Waals surface area contributed by atoms with Crippen LogP contribution in [0.3, 0.4) is 0 Å². The van der Waals surface area contributed by atoms with Crippen molar-refractivity contribution in [1.82, 2.24) is 0 Å². The van der Waals surface area contributed by atoms with Crippen LogP contribution >= 0.6 is 0 Å². The van der Waals surface area contributed by atoms with E-state index >= 15 is 0 Å². The quantitative estimate of drug-likeness (QED) is 0.473. The molecule has 1 radical (unpaired) electrons. The van der Waals surface area contributed by atoms with Crippen molar-refractivity contribution in [2.75, 3.05) is 6.61 Å². The van der Waals surface area contributed by atoms with Gasteiger partial charge in [-0.05, 0) is 25.4 Å². The van der Waals surface area contributed by atoms with Crippen molar-refractivity contribution < 1.29 is 9.53 Å². The molecule has 0 rings (SSSR count). The second kappa shape index (κ2) is 6.38. The first kappa shape index (κ1) is 13.9. The fourth-order valence-electron chi connectivity index (χ4n) is 1.59. The monoisotopic (exact) mass is 215 g/mol. The molecule has 0 aliphatic rings. The molecule has 0 aromatic rings. The van der Waals surface area contributed by atoms with Crippen molar-refractivity contribution in [2.24, 2.45) is 0 Å². The zero-order valence-corrected chi connectivity index (χ0v) is 10.9. The molecular weight excluding hydrogens is 192 g/mol.